The number of amides is 1. The Morgan fingerprint density at radius 3 is 2.35 bits per heavy atom. The predicted molar refractivity (Wildman–Crippen MR) is 79.2 cm³/mol. The molecule has 1 atom stereocenters. The smallest absolute Gasteiger partial charge is 0.244 e. The van der Waals surface area contributed by atoms with E-state index in [0.29, 0.717) is 6.04 Å². The second kappa shape index (κ2) is 5.54. The summed E-state index contributed by atoms with van der Waals surface area (Å²) < 4.78 is 5.88. The van der Waals surface area contributed by atoms with Crippen LogP contribution in [0.25, 0.3) is 0 Å². The summed E-state index contributed by atoms with van der Waals surface area (Å²) in [4.78, 5) is 12.2. The summed E-state index contributed by atoms with van der Waals surface area (Å²) >= 11 is 0. The Morgan fingerprint density at radius 2 is 1.90 bits per heavy atom. The molecule has 1 aromatic carbocycles. The molecule has 110 valence electrons. The van der Waals surface area contributed by atoms with Crippen molar-refractivity contribution in [2.75, 3.05) is 6.61 Å². The lowest BCUT2D eigenvalue weighted by molar-refractivity contribution is -0.131. The van der Waals surface area contributed by atoms with E-state index in [9.17, 15) is 4.79 Å². The Labute approximate surface area is 120 Å². The highest BCUT2D eigenvalue weighted by Crippen LogP contribution is 2.30. The zero-order chi connectivity index (χ0) is 14.8. The van der Waals surface area contributed by atoms with E-state index >= 15 is 0 Å². The molecule has 0 aliphatic heterocycles. The Kier molecular flexibility index (Phi) is 4.16. The summed E-state index contributed by atoms with van der Waals surface area (Å²) in [5, 5.41) is 3.39. The van der Waals surface area contributed by atoms with E-state index in [1.54, 1.807) is 0 Å². The van der Waals surface area contributed by atoms with Gasteiger partial charge in [0.15, 0.2) is 0 Å². The third-order valence-electron chi connectivity index (χ3n) is 3.44. The first kappa shape index (κ1) is 15.0. The summed E-state index contributed by atoms with van der Waals surface area (Å²) in [5.74, 6) is -0.389. The average molecular weight is 276 g/mol. The van der Waals surface area contributed by atoms with Gasteiger partial charge in [0.1, 0.15) is 5.54 Å². The van der Waals surface area contributed by atoms with E-state index in [4.69, 9.17) is 10.5 Å². The van der Waals surface area contributed by atoms with Gasteiger partial charge in [0.25, 0.3) is 0 Å². The van der Waals surface area contributed by atoms with Gasteiger partial charge in [0.05, 0.1) is 12.2 Å². The van der Waals surface area contributed by atoms with E-state index < -0.39 is 5.54 Å². The van der Waals surface area contributed by atoms with Gasteiger partial charge in [-0.25, -0.2) is 0 Å². The topological polar surface area (TPSA) is 64.3 Å². The Hall–Kier alpha value is -1.39. The van der Waals surface area contributed by atoms with Crippen LogP contribution in [0.3, 0.4) is 0 Å². The highest BCUT2D eigenvalue weighted by Gasteiger charge is 2.43. The molecule has 0 aromatic heterocycles. The molecule has 2 rings (SSSR count). The minimum absolute atomic E-state index is 0.242. The molecule has 1 aliphatic carbocycles. The molecule has 1 saturated carbocycles. The number of primary amides is 1. The van der Waals surface area contributed by atoms with Crippen molar-refractivity contribution in [1.82, 2.24) is 5.32 Å². The molecule has 0 saturated heterocycles. The van der Waals surface area contributed by atoms with E-state index in [1.165, 1.54) is 0 Å². The first-order valence-corrected chi connectivity index (χ1v) is 7.11. The lowest BCUT2D eigenvalue weighted by Crippen LogP contribution is -2.57. The Bertz CT molecular complexity index is 463. The number of nitrogens with one attached hydrogen (secondary N) is 1. The zero-order valence-corrected chi connectivity index (χ0v) is 12.5. The lowest BCUT2D eigenvalue weighted by atomic mass is 9.89. The van der Waals surface area contributed by atoms with Crippen LogP contribution in [0.2, 0.25) is 0 Å². The van der Waals surface area contributed by atoms with Crippen LogP contribution < -0.4 is 11.1 Å². The average Bonchev–Trinajstić information content (AvgIpc) is 3.18. The fourth-order valence-corrected chi connectivity index (χ4v) is 2.12. The first-order chi connectivity index (χ1) is 9.33. The van der Waals surface area contributed by atoms with Crippen LogP contribution in [0.15, 0.2) is 30.3 Å². The van der Waals surface area contributed by atoms with Crippen LogP contribution >= 0.6 is 0 Å². The van der Waals surface area contributed by atoms with Crippen LogP contribution in [-0.2, 0) is 15.1 Å². The van der Waals surface area contributed by atoms with Crippen molar-refractivity contribution < 1.29 is 9.53 Å². The maximum absolute atomic E-state index is 12.2. The molecular formula is C16H24N2O2. The van der Waals surface area contributed by atoms with Gasteiger partial charge in [-0.05, 0) is 39.2 Å². The van der Waals surface area contributed by atoms with E-state index in [-0.39, 0.29) is 18.1 Å². The third-order valence-corrected chi connectivity index (χ3v) is 3.44. The highest BCUT2D eigenvalue weighted by atomic mass is 16.5. The van der Waals surface area contributed by atoms with E-state index in [1.807, 2.05) is 51.1 Å². The molecule has 0 spiro atoms. The first-order valence-electron chi connectivity index (χ1n) is 7.11. The molecule has 1 aliphatic rings. The molecule has 1 aromatic rings. The van der Waals surface area contributed by atoms with Gasteiger partial charge in [0, 0.05) is 6.04 Å². The number of rotatable bonds is 6. The van der Waals surface area contributed by atoms with Crippen LogP contribution in [0.5, 0.6) is 0 Å². The number of benzene rings is 1. The molecule has 4 heteroatoms. The number of hydrogen-bond acceptors (Lipinski definition) is 3. The molecule has 0 heterocycles. The molecule has 0 bridgehead atoms. The van der Waals surface area contributed by atoms with Gasteiger partial charge in [-0.1, -0.05) is 30.3 Å². The van der Waals surface area contributed by atoms with Crippen molar-refractivity contribution in [1.29, 1.82) is 0 Å². The molecule has 1 unspecified atom stereocenters. The minimum atomic E-state index is -0.949. The van der Waals surface area contributed by atoms with Gasteiger partial charge in [-0.15, -0.1) is 0 Å². The lowest BCUT2D eigenvalue weighted by Gasteiger charge is -2.35. The molecule has 1 fully saturated rings. The highest BCUT2D eigenvalue weighted by molar-refractivity contribution is 5.86. The number of nitrogens with two attached hydrogens (primary N) is 1. The maximum atomic E-state index is 12.2. The molecule has 4 nitrogen and oxygen atoms in total. The standard InChI is InChI=1S/C16H24N2O2/c1-15(2,3)20-11-16(14(17)19,18-13-9-10-13)12-7-5-4-6-8-12/h4-8,13,18H,9-11H2,1-3H3,(H2,17,19). The SMILES string of the molecule is CC(C)(C)OCC(NC1CC1)(C(N)=O)c1ccccc1. The van der Waals surface area contributed by atoms with Crippen molar-refractivity contribution in [3.8, 4) is 0 Å². The number of ether oxygens (including phenoxy) is 1. The summed E-state index contributed by atoms with van der Waals surface area (Å²) in [6, 6.07) is 9.96. The number of carbonyl (C=O) groups is 1. The summed E-state index contributed by atoms with van der Waals surface area (Å²) in [6.45, 7) is 6.16. The monoisotopic (exact) mass is 276 g/mol. The van der Waals surface area contributed by atoms with Gasteiger partial charge in [-0.3, -0.25) is 10.1 Å². The fraction of sp³-hybridized carbons (Fsp3) is 0.562. The number of hydrogen-bond donors (Lipinski definition) is 2. The van der Waals surface area contributed by atoms with Crippen LogP contribution in [-0.4, -0.2) is 24.2 Å². The molecular weight excluding hydrogens is 252 g/mol. The van der Waals surface area contributed by atoms with Crippen LogP contribution in [0, 0.1) is 0 Å². The van der Waals surface area contributed by atoms with Crippen molar-refractivity contribution in [2.45, 2.75) is 50.8 Å². The molecule has 3 N–H and O–H groups in total. The Balaban J connectivity index is 2.31. The van der Waals surface area contributed by atoms with Gasteiger partial charge < -0.3 is 10.5 Å². The minimum Gasteiger partial charge on any atom is -0.373 e. The second-order valence-corrected chi connectivity index (χ2v) is 6.46. The van der Waals surface area contributed by atoms with E-state index in [0.717, 1.165) is 18.4 Å². The molecule has 1 amide bonds. The van der Waals surface area contributed by atoms with Crippen LogP contribution in [0.4, 0.5) is 0 Å². The fourth-order valence-electron chi connectivity index (χ4n) is 2.12. The molecule has 0 radical (unpaired) electrons. The zero-order valence-electron chi connectivity index (χ0n) is 12.5. The van der Waals surface area contributed by atoms with Crippen molar-refractivity contribution in [3.63, 3.8) is 0 Å². The predicted octanol–water partition coefficient (Wildman–Crippen LogP) is 1.93. The number of carbonyl (C=O) groups excluding carboxylic acids is 1. The normalized spacial score (nSPS) is 18.6. The largest absolute Gasteiger partial charge is 0.373 e. The quantitative estimate of drug-likeness (QED) is 0.834. The van der Waals surface area contributed by atoms with Gasteiger partial charge in [-0.2, -0.15) is 0 Å². The van der Waals surface area contributed by atoms with Crippen LogP contribution in [0.1, 0.15) is 39.2 Å². The third kappa shape index (κ3) is 3.58. The van der Waals surface area contributed by atoms with E-state index in [2.05, 4.69) is 5.32 Å². The van der Waals surface area contributed by atoms with Gasteiger partial charge >= 0.3 is 0 Å². The summed E-state index contributed by atoms with van der Waals surface area (Å²) in [7, 11) is 0. The van der Waals surface area contributed by atoms with Crippen molar-refractivity contribution in [2.24, 2.45) is 5.73 Å². The second-order valence-electron chi connectivity index (χ2n) is 6.46. The molecule has 20 heavy (non-hydrogen) atoms. The Morgan fingerprint density at radius 1 is 1.30 bits per heavy atom. The maximum Gasteiger partial charge on any atom is 0.244 e. The van der Waals surface area contributed by atoms with Gasteiger partial charge in [0.2, 0.25) is 5.91 Å². The summed E-state index contributed by atoms with van der Waals surface area (Å²) in [6.07, 6.45) is 2.16. The summed E-state index contributed by atoms with van der Waals surface area (Å²) in [5.41, 5.74) is 5.32. The van der Waals surface area contributed by atoms with Crippen molar-refractivity contribution >= 4 is 5.91 Å². The van der Waals surface area contributed by atoms with Crippen molar-refractivity contribution in [3.05, 3.63) is 35.9 Å².